The van der Waals surface area contributed by atoms with Crippen molar-refractivity contribution < 1.29 is 9.90 Å². The normalized spacial score (nSPS) is 15.8. The maximum Gasteiger partial charge on any atom is 0.337 e. The Labute approximate surface area is 108 Å². The van der Waals surface area contributed by atoms with E-state index >= 15 is 0 Å². The van der Waals surface area contributed by atoms with Gasteiger partial charge in [-0.15, -0.1) is 0 Å². The van der Waals surface area contributed by atoms with Crippen LogP contribution in [0.15, 0.2) is 24.3 Å². The Kier molecular flexibility index (Phi) is 4.62. The highest BCUT2D eigenvalue weighted by molar-refractivity contribution is 5.94. The fourth-order valence-electron chi connectivity index (χ4n) is 2.74. The van der Waals surface area contributed by atoms with Gasteiger partial charge in [-0.2, -0.15) is 0 Å². The molecule has 0 heterocycles. The number of benzene rings is 1. The minimum absolute atomic E-state index is 0.360. The lowest BCUT2D eigenvalue weighted by atomic mass is 10.0. The van der Waals surface area contributed by atoms with Gasteiger partial charge in [-0.1, -0.05) is 37.8 Å². The number of nitrogens with one attached hydrogen (secondary N) is 1. The summed E-state index contributed by atoms with van der Waals surface area (Å²) >= 11 is 0. The number of hydrogen-bond acceptors (Lipinski definition) is 2. The van der Waals surface area contributed by atoms with Crippen molar-refractivity contribution >= 4 is 11.7 Å². The van der Waals surface area contributed by atoms with Crippen LogP contribution < -0.4 is 5.32 Å². The molecule has 1 aliphatic carbocycles. The molecule has 0 aromatic heterocycles. The molecule has 1 saturated carbocycles. The molecule has 2 N–H and O–H groups in total. The van der Waals surface area contributed by atoms with Crippen LogP contribution in [-0.4, -0.2) is 17.6 Å². The summed E-state index contributed by atoms with van der Waals surface area (Å²) < 4.78 is 0. The number of rotatable bonds is 6. The topological polar surface area (TPSA) is 49.3 Å². The molecular formula is C15H21NO2. The van der Waals surface area contributed by atoms with Crippen molar-refractivity contribution in [1.82, 2.24) is 0 Å². The van der Waals surface area contributed by atoms with Crippen molar-refractivity contribution in [3.8, 4) is 0 Å². The average molecular weight is 247 g/mol. The highest BCUT2D eigenvalue weighted by atomic mass is 16.4. The summed E-state index contributed by atoms with van der Waals surface area (Å²) in [6.07, 6.45) is 7.93. The third-order valence-electron chi connectivity index (χ3n) is 3.74. The van der Waals surface area contributed by atoms with Gasteiger partial charge in [0.05, 0.1) is 5.56 Å². The van der Waals surface area contributed by atoms with Gasteiger partial charge in [-0.25, -0.2) is 4.79 Å². The molecule has 0 aliphatic heterocycles. The van der Waals surface area contributed by atoms with Crippen LogP contribution in [0.5, 0.6) is 0 Å². The van der Waals surface area contributed by atoms with Crippen molar-refractivity contribution in [2.45, 2.75) is 38.5 Å². The van der Waals surface area contributed by atoms with Crippen molar-refractivity contribution in [1.29, 1.82) is 0 Å². The zero-order valence-electron chi connectivity index (χ0n) is 10.7. The van der Waals surface area contributed by atoms with E-state index in [0.29, 0.717) is 5.56 Å². The lowest BCUT2D eigenvalue weighted by molar-refractivity contribution is 0.0698. The summed E-state index contributed by atoms with van der Waals surface area (Å²) in [5.41, 5.74) is 1.09. The summed E-state index contributed by atoms with van der Waals surface area (Å²) in [5, 5.41) is 12.3. The minimum atomic E-state index is -0.867. The van der Waals surface area contributed by atoms with Gasteiger partial charge in [0.25, 0.3) is 0 Å². The predicted octanol–water partition coefficient (Wildman–Crippen LogP) is 3.77. The molecule has 98 valence electrons. The van der Waals surface area contributed by atoms with E-state index in [1.807, 2.05) is 12.1 Å². The monoisotopic (exact) mass is 247 g/mol. The fourth-order valence-corrected chi connectivity index (χ4v) is 2.74. The molecule has 0 bridgehead atoms. The third-order valence-corrected chi connectivity index (χ3v) is 3.74. The molecule has 18 heavy (non-hydrogen) atoms. The standard InChI is InChI=1S/C15H21NO2/c17-15(18)13-9-3-4-10-14(13)16-11-5-8-12-6-1-2-7-12/h3-4,9-10,12,16H,1-2,5-8,11H2,(H,17,18). The Morgan fingerprint density at radius 3 is 2.72 bits per heavy atom. The summed E-state index contributed by atoms with van der Waals surface area (Å²) in [4.78, 5) is 11.0. The molecule has 2 rings (SSSR count). The van der Waals surface area contributed by atoms with Crippen molar-refractivity contribution in [3.05, 3.63) is 29.8 Å². The maximum atomic E-state index is 11.0. The molecule has 3 nitrogen and oxygen atoms in total. The summed E-state index contributed by atoms with van der Waals surface area (Å²) in [6.45, 7) is 0.862. The van der Waals surface area contributed by atoms with E-state index in [1.54, 1.807) is 12.1 Å². The molecule has 3 heteroatoms. The first-order valence-electron chi connectivity index (χ1n) is 6.83. The molecule has 0 atom stereocenters. The van der Waals surface area contributed by atoms with Crippen LogP contribution in [-0.2, 0) is 0 Å². The highest BCUT2D eigenvalue weighted by Gasteiger charge is 2.14. The molecule has 1 aromatic carbocycles. The Bertz CT molecular complexity index is 397. The molecular weight excluding hydrogens is 226 g/mol. The van der Waals surface area contributed by atoms with Gasteiger partial charge in [-0.3, -0.25) is 0 Å². The van der Waals surface area contributed by atoms with E-state index in [2.05, 4.69) is 5.32 Å². The third kappa shape index (κ3) is 3.49. The smallest absolute Gasteiger partial charge is 0.337 e. The number of carboxylic acids is 1. The van der Waals surface area contributed by atoms with E-state index in [1.165, 1.54) is 32.1 Å². The molecule has 0 amide bonds. The Morgan fingerprint density at radius 2 is 2.00 bits per heavy atom. The second-order valence-corrected chi connectivity index (χ2v) is 5.07. The molecule has 1 aliphatic rings. The average Bonchev–Trinajstić information content (AvgIpc) is 2.88. The van der Waals surface area contributed by atoms with E-state index in [4.69, 9.17) is 5.11 Å². The van der Waals surface area contributed by atoms with E-state index in [9.17, 15) is 4.79 Å². The Balaban J connectivity index is 1.77. The maximum absolute atomic E-state index is 11.0. The first kappa shape index (κ1) is 12.9. The summed E-state index contributed by atoms with van der Waals surface area (Å²) in [7, 11) is 0. The van der Waals surface area contributed by atoms with Gasteiger partial charge in [0, 0.05) is 12.2 Å². The van der Waals surface area contributed by atoms with Gasteiger partial charge in [-0.05, 0) is 30.9 Å². The molecule has 1 aromatic rings. The zero-order valence-corrected chi connectivity index (χ0v) is 10.7. The van der Waals surface area contributed by atoms with E-state index < -0.39 is 5.97 Å². The lowest BCUT2D eigenvalue weighted by Crippen LogP contribution is -2.08. The Morgan fingerprint density at radius 1 is 1.28 bits per heavy atom. The summed E-state index contributed by atoms with van der Waals surface area (Å²) in [6, 6.07) is 7.10. The quantitative estimate of drug-likeness (QED) is 0.752. The first-order valence-corrected chi connectivity index (χ1v) is 6.83. The van der Waals surface area contributed by atoms with Crippen LogP contribution in [0.2, 0.25) is 0 Å². The van der Waals surface area contributed by atoms with Crippen molar-refractivity contribution in [2.24, 2.45) is 5.92 Å². The zero-order chi connectivity index (χ0) is 12.8. The van der Waals surface area contributed by atoms with Gasteiger partial charge in [0.15, 0.2) is 0 Å². The van der Waals surface area contributed by atoms with Crippen LogP contribution in [0, 0.1) is 5.92 Å². The van der Waals surface area contributed by atoms with Gasteiger partial charge < -0.3 is 10.4 Å². The highest BCUT2D eigenvalue weighted by Crippen LogP contribution is 2.28. The van der Waals surface area contributed by atoms with Crippen LogP contribution in [0.3, 0.4) is 0 Å². The molecule has 0 unspecified atom stereocenters. The van der Waals surface area contributed by atoms with Crippen LogP contribution >= 0.6 is 0 Å². The molecule has 1 fully saturated rings. The lowest BCUT2D eigenvalue weighted by Gasteiger charge is -2.11. The second kappa shape index (κ2) is 6.43. The first-order chi connectivity index (χ1) is 8.77. The van der Waals surface area contributed by atoms with Crippen molar-refractivity contribution in [3.63, 3.8) is 0 Å². The SMILES string of the molecule is O=C(O)c1ccccc1NCCCC1CCCC1. The summed E-state index contributed by atoms with van der Waals surface area (Å²) in [5.74, 6) is 0.0374. The Hall–Kier alpha value is -1.51. The van der Waals surface area contributed by atoms with Gasteiger partial charge in [0.2, 0.25) is 0 Å². The minimum Gasteiger partial charge on any atom is -0.478 e. The van der Waals surface area contributed by atoms with Gasteiger partial charge >= 0.3 is 5.97 Å². The van der Waals surface area contributed by atoms with E-state index in [0.717, 1.165) is 24.6 Å². The molecule has 0 saturated heterocycles. The van der Waals surface area contributed by atoms with Crippen LogP contribution in [0.4, 0.5) is 5.69 Å². The number of carbonyl (C=O) groups is 1. The van der Waals surface area contributed by atoms with E-state index in [-0.39, 0.29) is 0 Å². The predicted molar refractivity (Wildman–Crippen MR) is 73.1 cm³/mol. The molecule has 0 spiro atoms. The largest absolute Gasteiger partial charge is 0.478 e. The van der Waals surface area contributed by atoms with Crippen LogP contribution in [0.25, 0.3) is 0 Å². The number of hydrogen-bond donors (Lipinski definition) is 2. The number of anilines is 1. The van der Waals surface area contributed by atoms with Gasteiger partial charge in [0.1, 0.15) is 0 Å². The second-order valence-electron chi connectivity index (χ2n) is 5.07. The molecule has 0 radical (unpaired) electrons. The van der Waals surface area contributed by atoms with Crippen molar-refractivity contribution in [2.75, 3.05) is 11.9 Å². The number of aromatic carboxylic acids is 1. The fraction of sp³-hybridized carbons (Fsp3) is 0.533. The number of carboxylic acid groups (broad SMARTS) is 1. The number of para-hydroxylation sites is 1. The van der Waals surface area contributed by atoms with Crippen LogP contribution in [0.1, 0.15) is 48.9 Å².